The molecule has 1 atom stereocenters. The molecule has 7 nitrogen and oxygen atoms in total. The van der Waals surface area contributed by atoms with Crippen molar-refractivity contribution in [3.63, 3.8) is 0 Å². The van der Waals surface area contributed by atoms with Crippen molar-refractivity contribution < 1.29 is 19.1 Å². The third-order valence-electron chi connectivity index (χ3n) is 3.36. The molecule has 0 aromatic carbocycles. The van der Waals surface area contributed by atoms with Crippen molar-refractivity contribution in [1.29, 1.82) is 0 Å². The molecule has 3 amide bonds. The fourth-order valence-corrected chi connectivity index (χ4v) is 2.15. The fourth-order valence-electron chi connectivity index (χ4n) is 2.15. The number of ether oxygens (including phenoxy) is 1. The third kappa shape index (κ3) is 5.91. The van der Waals surface area contributed by atoms with Crippen molar-refractivity contribution in [3.8, 4) is 0 Å². The van der Waals surface area contributed by atoms with Crippen LogP contribution < -0.4 is 5.32 Å². The van der Waals surface area contributed by atoms with Gasteiger partial charge in [0.1, 0.15) is 5.60 Å². The smallest absolute Gasteiger partial charge is 0.410 e. The second-order valence-corrected chi connectivity index (χ2v) is 6.77. The van der Waals surface area contributed by atoms with E-state index in [9.17, 15) is 14.4 Å². The van der Waals surface area contributed by atoms with Gasteiger partial charge in [-0.25, -0.2) is 4.79 Å². The molecular weight excluding hydrogens is 286 g/mol. The van der Waals surface area contributed by atoms with E-state index in [2.05, 4.69) is 5.32 Å². The van der Waals surface area contributed by atoms with Crippen molar-refractivity contribution in [2.45, 2.75) is 39.2 Å². The summed E-state index contributed by atoms with van der Waals surface area (Å²) in [4.78, 5) is 38.6. The van der Waals surface area contributed by atoms with Crippen LogP contribution in [0.4, 0.5) is 4.79 Å². The quantitative estimate of drug-likeness (QED) is 0.837. The predicted molar refractivity (Wildman–Crippen MR) is 82.2 cm³/mol. The molecule has 1 aliphatic heterocycles. The molecule has 1 aliphatic rings. The lowest BCUT2D eigenvalue weighted by Crippen LogP contribution is -2.48. The van der Waals surface area contributed by atoms with Crippen LogP contribution in [0.25, 0.3) is 0 Å². The maximum atomic E-state index is 12.1. The Morgan fingerprint density at radius 3 is 2.45 bits per heavy atom. The van der Waals surface area contributed by atoms with E-state index in [0.29, 0.717) is 19.5 Å². The van der Waals surface area contributed by atoms with E-state index in [4.69, 9.17) is 4.74 Å². The van der Waals surface area contributed by atoms with Gasteiger partial charge in [-0.2, -0.15) is 0 Å². The minimum absolute atomic E-state index is 0.0191. The number of piperidine rings is 1. The number of rotatable bonds is 3. The Labute approximate surface area is 132 Å². The molecule has 0 saturated carbocycles. The van der Waals surface area contributed by atoms with E-state index in [1.54, 1.807) is 19.0 Å². The zero-order valence-electron chi connectivity index (χ0n) is 14.1. The molecular formula is C15H27N3O4. The Hall–Kier alpha value is -1.79. The molecule has 0 aromatic rings. The average molecular weight is 313 g/mol. The van der Waals surface area contributed by atoms with E-state index in [-0.39, 0.29) is 24.3 Å². The maximum Gasteiger partial charge on any atom is 0.410 e. The predicted octanol–water partition coefficient (Wildman–Crippen LogP) is 0.838. The zero-order chi connectivity index (χ0) is 16.9. The Morgan fingerprint density at radius 1 is 1.27 bits per heavy atom. The largest absolute Gasteiger partial charge is 0.444 e. The number of nitrogens with zero attached hydrogens (tertiary/aromatic N) is 2. The summed E-state index contributed by atoms with van der Waals surface area (Å²) >= 11 is 0. The van der Waals surface area contributed by atoms with Gasteiger partial charge in [0.15, 0.2) is 0 Å². The van der Waals surface area contributed by atoms with Crippen LogP contribution in [0.2, 0.25) is 0 Å². The Bertz CT molecular complexity index is 429. The lowest BCUT2D eigenvalue weighted by atomic mass is 9.97. The first kappa shape index (κ1) is 18.3. The van der Waals surface area contributed by atoms with Gasteiger partial charge in [0.05, 0.1) is 12.5 Å². The number of nitrogens with one attached hydrogen (secondary N) is 1. The molecule has 126 valence electrons. The summed E-state index contributed by atoms with van der Waals surface area (Å²) in [5, 5.41) is 2.63. The molecule has 1 N–H and O–H groups in total. The van der Waals surface area contributed by atoms with Crippen molar-refractivity contribution in [3.05, 3.63) is 0 Å². The second-order valence-electron chi connectivity index (χ2n) is 6.77. The molecule has 0 unspecified atom stereocenters. The number of carbonyl (C=O) groups excluding carboxylic acids is 3. The van der Waals surface area contributed by atoms with Gasteiger partial charge < -0.3 is 19.9 Å². The van der Waals surface area contributed by atoms with E-state index < -0.39 is 11.7 Å². The second kappa shape index (κ2) is 7.47. The standard InChI is InChI=1S/C15H27N3O4/c1-15(2,3)22-14(21)18-8-6-7-11(10-18)13(20)16-9-12(19)17(4)5/h11H,6-10H2,1-5H3,(H,16,20)/t11-/m0/s1. The van der Waals surface area contributed by atoms with Gasteiger partial charge >= 0.3 is 6.09 Å². The molecule has 7 heteroatoms. The molecule has 0 spiro atoms. The van der Waals surface area contributed by atoms with Gasteiger partial charge in [-0.15, -0.1) is 0 Å². The lowest BCUT2D eigenvalue weighted by molar-refractivity contribution is -0.132. The number of hydrogen-bond donors (Lipinski definition) is 1. The summed E-state index contributed by atoms with van der Waals surface area (Å²) in [6, 6.07) is 0. The summed E-state index contributed by atoms with van der Waals surface area (Å²) in [6.45, 7) is 6.34. The Kier molecular flexibility index (Phi) is 6.20. The highest BCUT2D eigenvalue weighted by molar-refractivity contribution is 5.86. The monoisotopic (exact) mass is 313 g/mol. The molecule has 0 aliphatic carbocycles. The van der Waals surface area contributed by atoms with E-state index in [1.165, 1.54) is 4.90 Å². The Balaban J connectivity index is 2.50. The highest BCUT2D eigenvalue weighted by atomic mass is 16.6. The number of carbonyl (C=O) groups is 3. The molecule has 0 bridgehead atoms. The summed E-state index contributed by atoms with van der Waals surface area (Å²) < 4.78 is 5.33. The molecule has 1 fully saturated rings. The molecule has 1 rings (SSSR count). The van der Waals surface area contributed by atoms with Gasteiger partial charge in [-0.05, 0) is 33.6 Å². The number of likely N-dealkylation sites (tertiary alicyclic amines) is 1. The van der Waals surface area contributed by atoms with E-state index >= 15 is 0 Å². The van der Waals surface area contributed by atoms with E-state index in [0.717, 1.165) is 6.42 Å². The van der Waals surface area contributed by atoms with E-state index in [1.807, 2.05) is 20.8 Å². The highest BCUT2D eigenvalue weighted by Crippen LogP contribution is 2.19. The van der Waals surface area contributed by atoms with Gasteiger partial charge in [0, 0.05) is 27.2 Å². The highest BCUT2D eigenvalue weighted by Gasteiger charge is 2.31. The van der Waals surface area contributed by atoms with Crippen molar-refractivity contribution in [2.24, 2.45) is 5.92 Å². The van der Waals surface area contributed by atoms with Gasteiger partial charge in [-0.3, -0.25) is 9.59 Å². The Morgan fingerprint density at radius 2 is 1.91 bits per heavy atom. The molecule has 1 saturated heterocycles. The van der Waals surface area contributed by atoms with Gasteiger partial charge in [-0.1, -0.05) is 0 Å². The summed E-state index contributed by atoms with van der Waals surface area (Å²) in [7, 11) is 3.28. The van der Waals surface area contributed by atoms with Crippen LogP contribution in [-0.4, -0.2) is 67.0 Å². The minimum atomic E-state index is -0.551. The van der Waals surface area contributed by atoms with Crippen LogP contribution in [0.1, 0.15) is 33.6 Å². The molecule has 22 heavy (non-hydrogen) atoms. The fraction of sp³-hybridized carbons (Fsp3) is 0.800. The average Bonchev–Trinajstić information content (AvgIpc) is 2.42. The molecule has 0 radical (unpaired) electrons. The SMILES string of the molecule is CN(C)C(=O)CNC(=O)[C@H]1CCCN(C(=O)OC(C)(C)C)C1. The van der Waals surface area contributed by atoms with Crippen LogP contribution in [0.15, 0.2) is 0 Å². The van der Waals surface area contributed by atoms with Crippen LogP contribution in [0, 0.1) is 5.92 Å². The summed E-state index contributed by atoms with van der Waals surface area (Å²) in [5.41, 5.74) is -0.551. The molecule has 1 heterocycles. The minimum Gasteiger partial charge on any atom is -0.444 e. The van der Waals surface area contributed by atoms with Crippen LogP contribution >= 0.6 is 0 Å². The number of hydrogen-bond acceptors (Lipinski definition) is 4. The first-order chi connectivity index (χ1) is 10.1. The van der Waals surface area contributed by atoms with Crippen molar-refractivity contribution in [1.82, 2.24) is 15.1 Å². The van der Waals surface area contributed by atoms with Crippen molar-refractivity contribution in [2.75, 3.05) is 33.7 Å². The normalized spacial score (nSPS) is 18.6. The number of likely N-dealkylation sites (N-methyl/N-ethyl adjacent to an activating group) is 1. The third-order valence-corrected chi connectivity index (χ3v) is 3.36. The van der Waals surface area contributed by atoms with Gasteiger partial charge in [0.25, 0.3) is 0 Å². The lowest BCUT2D eigenvalue weighted by Gasteiger charge is -2.33. The topological polar surface area (TPSA) is 79.0 Å². The van der Waals surface area contributed by atoms with Crippen LogP contribution in [0.3, 0.4) is 0 Å². The summed E-state index contributed by atoms with van der Waals surface area (Å²) in [6.07, 6.45) is 1.06. The maximum absolute atomic E-state index is 12.1. The van der Waals surface area contributed by atoms with Crippen LogP contribution in [0.5, 0.6) is 0 Å². The molecule has 0 aromatic heterocycles. The first-order valence-corrected chi connectivity index (χ1v) is 7.56. The van der Waals surface area contributed by atoms with Crippen molar-refractivity contribution >= 4 is 17.9 Å². The van der Waals surface area contributed by atoms with Gasteiger partial charge in [0.2, 0.25) is 11.8 Å². The summed E-state index contributed by atoms with van der Waals surface area (Å²) in [5.74, 6) is -0.646. The first-order valence-electron chi connectivity index (χ1n) is 7.56. The number of amides is 3. The van der Waals surface area contributed by atoms with Crippen LogP contribution in [-0.2, 0) is 14.3 Å². The zero-order valence-corrected chi connectivity index (χ0v) is 14.1.